The van der Waals surface area contributed by atoms with Crippen LogP contribution in [0.3, 0.4) is 0 Å². The Morgan fingerprint density at radius 1 is 1.53 bits per heavy atom. The molecule has 1 saturated heterocycles. The van der Waals surface area contributed by atoms with Gasteiger partial charge in [-0.25, -0.2) is 0 Å². The van der Waals surface area contributed by atoms with Crippen molar-refractivity contribution in [2.75, 3.05) is 19.8 Å². The van der Waals surface area contributed by atoms with Crippen LogP contribution in [0, 0.1) is 6.92 Å². The molecule has 1 aliphatic heterocycles. The fourth-order valence-electron chi connectivity index (χ4n) is 2.17. The molecule has 17 heavy (non-hydrogen) atoms. The van der Waals surface area contributed by atoms with Gasteiger partial charge in [-0.1, -0.05) is 29.8 Å². The highest BCUT2D eigenvalue weighted by Crippen LogP contribution is 2.20. The SMILES string of the molecule is Cc1cccc(C(CN)OCC2CCCO2)c1. The van der Waals surface area contributed by atoms with E-state index in [4.69, 9.17) is 15.2 Å². The van der Waals surface area contributed by atoms with E-state index in [9.17, 15) is 0 Å². The third kappa shape index (κ3) is 3.53. The largest absolute Gasteiger partial charge is 0.376 e. The van der Waals surface area contributed by atoms with Gasteiger partial charge in [-0.3, -0.25) is 0 Å². The second kappa shape index (κ2) is 6.15. The van der Waals surface area contributed by atoms with Crippen LogP contribution in [-0.4, -0.2) is 25.9 Å². The quantitative estimate of drug-likeness (QED) is 0.851. The lowest BCUT2D eigenvalue weighted by molar-refractivity contribution is -0.0182. The van der Waals surface area contributed by atoms with Gasteiger partial charge in [-0.05, 0) is 25.3 Å². The molecule has 1 aromatic rings. The highest BCUT2D eigenvalue weighted by Gasteiger charge is 2.18. The second-order valence-electron chi connectivity index (χ2n) is 4.61. The lowest BCUT2D eigenvalue weighted by Gasteiger charge is -2.19. The molecule has 2 N–H and O–H groups in total. The summed E-state index contributed by atoms with van der Waals surface area (Å²) in [7, 11) is 0. The van der Waals surface area contributed by atoms with E-state index < -0.39 is 0 Å². The van der Waals surface area contributed by atoms with Gasteiger partial charge in [0.2, 0.25) is 0 Å². The maximum absolute atomic E-state index is 5.87. The Morgan fingerprint density at radius 3 is 3.06 bits per heavy atom. The summed E-state index contributed by atoms with van der Waals surface area (Å²) in [6.07, 6.45) is 2.49. The minimum atomic E-state index is -0.0147. The van der Waals surface area contributed by atoms with E-state index in [-0.39, 0.29) is 12.2 Å². The number of rotatable bonds is 5. The van der Waals surface area contributed by atoms with Crippen LogP contribution in [0.25, 0.3) is 0 Å². The topological polar surface area (TPSA) is 44.5 Å². The molecule has 0 amide bonds. The molecule has 94 valence electrons. The number of hydrogen-bond acceptors (Lipinski definition) is 3. The summed E-state index contributed by atoms with van der Waals surface area (Å²) in [5, 5.41) is 0. The molecule has 2 unspecified atom stereocenters. The number of ether oxygens (including phenoxy) is 2. The fraction of sp³-hybridized carbons (Fsp3) is 0.571. The molecule has 0 spiro atoms. The number of hydrogen-bond donors (Lipinski definition) is 1. The molecule has 0 bridgehead atoms. The Kier molecular flexibility index (Phi) is 4.54. The Hall–Kier alpha value is -0.900. The van der Waals surface area contributed by atoms with Gasteiger partial charge >= 0.3 is 0 Å². The molecule has 0 aliphatic carbocycles. The van der Waals surface area contributed by atoms with Crippen molar-refractivity contribution in [1.29, 1.82) is 0 Å². The highest BCUT2D eigenvalue weighted by molar-refractivity contribution is 5.24. The number of benzene rings is 1. The van der Waals surface area contributed by atoms with Gasteiger partial charge < -0.3 is 15.2 Å². The van der Waals surface area contributed by atoms with Gasteiger partial charge in [0.15, 0.2) is 0 Å². The van der Waals surface area contributed by atoms with Crippen LogP contribution >= 0.6 is 0 Å². The van der Waals surface area contributed by atoms with Crippen molar-refractivity contribution in [3.8, 4) is 0 Å². The van der Waals surface area contributed by atoms with Crippen molar-refractivity contribution in [3.05, 3.63) is 35.4 Å². The van der Waals surface area contributed by atoms with E-state index >= 15 is 0 Å². The van der Waals surface area contributed by atoms with Crippen molar-refractivity contribution < 1.29 is 9.47 Å². The molecule has 0 aromatic heterocycles. The first kappa shape index (κ1) is 12.6. The van der Waals surface area contributed by atoms with E-state index in [2.05, 4.69) is 25.1 Å². The fourth-order valence-corrected chi connectivity index (χ4v) is 2.17. The lowest BCUT2D eigenvalue weighted by atomic mass is 10.1. The first-order valence-corrected chi connectivity index (χ1v) is 6.29. The van der Waals surface area contributed by atoms with Crippen LogP contribution in [0.5, 0.6) is 0 Å². The van der Waals surface area contributed by atoms with Crippen molar-refractivity contribution >= 4 is 0 Å². The Balaban J connectivity index is 1.91. The van der Waals surface area contributed by atoms with E-state index in [0.29, 0.717) is 13.2 Å². The Morgan fingerprint density at radius 2 is 2.41 bits per heavy atom. The molecule has 0 saturated carbocycles. The summed E-state index contributed by atoms with van der Waals surface area (Å²) < 4.78 is 11.4. The zero-order valence-corrected chi connectivity index (χ0v) is 10.4. The second-order valence-corrected chi connectivity index (χ2v) is 4.61. The van der Waals surface area contributed by atoms with Crippen LogP contribution in [0.4, 0.5) is 0 Å². The molecule has 1 heterocycles. The first-order chi connectivity index (χ1) is 8.29. The average molecular weight is 235 g/mol. The van der Waals surface area contributed by atoms with Gasteiger partial charge in [0.1, 0.15) is 0 Å². The van der Waals surface area contributed by atoms with Gasteiger partial charge in [0.05, 0.1) is 18.8 Å². The summed E-state index contributed by atoms with van der Waals surface area (Å²) in [4.78, 5) is 0. The molecule has 0 radical (unpaired) electrons. The summed E-state index contributed by atoms with van der Waals surface area (Å²) in [6.45, 7) is 4.11. The molecule has 2 rings (SSSR count). The van der Waals surface area contributed by atoms with E-state index in [1.165, 1.54) is 5.56 Å². The smallest absolute Gasteiger partial charge is 0.0948 e. The summed E-state index contributed by atoms with van der Waals surface area (Å²) in [6, 6.07) is 8.33. The first-order valence-electron chi connectivity index (χ1n) is 6.29. The van der Waals surface area contributed by atoms with Crippen molar-refractivity contribution in [3.63, 3.8) is 0 Å². The van der Waals surface area contributed by atoms with Crippen molar-refractivity contribution in [2.24, 2.45) is 5.73 Å². The van der Waals surface area contributed by atoms with Crippen molar-refractivity contribution in [1.82, 2.24) is 0 Å². The third-order valence-corrected chi connectivity index (χ3v) is 3.14. The minimum absolute atomic E-state index is 0.0147. The van der Waals surface area contributed by atoms with Crippen LogP contribution in [-0.2, 0) is 9.47 Å². The molecule has 3 heteroatoms. The molecule has 1 aromatic carbocycles. The minimum Gasteiger partial charge on any atom is -0.376 e. The molecule has 1 aliphatic rings. The summed E-state index contributed by atoms with van der Waals surface area (Å²) in [5.41, 5.74) is 8.17. The van der Waals surface area contributed by atoms with Crippen LogP contribution in [0.2, 0.25) is 0 Å². The van der Waals surface area contributed by atoms with Crippen LogP contribution < -0.4 is 5.73 Å². The van der Waals surface area contributed by atoms with Crippen LogP contribution in [0.15, 0.2) is 24.3 Å². The Bertz CT molecular complexity index is 348. The maximum atomic E-state index is 5.87. The molecular weight excluding hydrogens is 214 g/mol. The van der Waals surface area contributed by atoms with E-state index in [1.54, 1.807) is 0 Å². The normalized spacial score (nSPS) is 21.6. The lowest BCUT2D eigenvalue weighted by Crippen LogP contribution is -2.21. The summed E-state index contributed by atoms with van der Waals surface area (Å²) >= 11 is 0. The van der Waals surface area contributed by atoms with Gasteiger partial charge in [0.25, 0.3) is 0 Å². The highest BCUT2D eigenvalue weighted by atomic mass is 16.5. The molecule has 3 nitrogen and oxygen atoms in total. The third-order valence-electron chi connectivity index (χ3n) is 3.14. The Labute approximate surface area is 103 Å². The molecule has 1 fully saturated rings. The van der Waals surface area contributed by atoms with E-state index in [0.717, 1.165) is 25.0 Å². The predicted octanol–water partition coefficient (Wildman–Crippen LogP) is 2.19. The van der Waals surface area contributed by atoms with Crippen molar-refractivity contribution in [2.45, 2.75) is 32.0 Å². The number of nitrogens with two attached hydrogens (primary N) is 1. The monoisotopic (exact) mass is 235 g/mol. The average Bonchev–Trinajstić information content (AvgIpc) is 2.83. The summed E-state index contributed by atoms with van der Waals surface area (Å²) in [5.74, 6) is 0. The molecule has 2 atom stereocenters. The maximum Gasteiger partial charge on any atom is 0.0948 e. The van der Waals surface area contributed by atoms with Gasteiger partial charge in [-0.15, -0.1) is 0 Å². The van der Waals surface area contributed by atoms with Gasteiger partial charge in [-0.2, -0.15) is 0 Å². The van der Waals surface area contributed by atoms with Gasteiger partial charge in [0, 0.05) is 13.2 Å². The zero-order valence-electron chi connectivity index (χ0n) is 10.4. The number of aryl methyl sites for hydroxylation is 1. The molecular formula is C14H21NO2. The zero-order chi connectivity index (χ0) is 12.1. The van der Waals surface area contributed by atoms with E-state index in [1.807, 2.05) is 6.07 Å². The standard InChI is InChI=1S/C14H21NO2/c1-11-4-2-5-12(8-11)14(9-15)17-10-13-6-3-7-16-13/h2,4-5,8,13-14H,3,6-7,9-10,15H2,1H3. The predicted molar refractivity (Wildman–Crippen MR) is 67.9 cm³/mol. The van der Waals surface area contributed by atoms with Crippen LogP contribution in [0.1, 0.15) is 30.1 Å².